The Labute approximate surface area is 97.0 Å². The molecule has 0 aromatic rings. The Hall–Kier alpha value is -0.610. The molecule has 0 radical (unpaired) electrons. The van der Waals surface area contributed by atoms with Gasteiger partial charge in [-0.3, -0.25) is 4.79 Å². The molecular formula is C12H22N2O2. The first kappa shape index (κ1) is 11.9. The Bertz CT molecular complexity index is 262. The van der Waals surface area contributed by atoms with Crippen LogP contribution in [0.1, 0.15) is 32.6 Å². The zero-order valence-corrected chi connectivity index (χ0v) is 10.0. The molecule has 2 atom stereocenters. The molecule has 2 N–H and O–H groups in total. The number of aliphatic hydroxyl groups is 1. The van der Waals surface area contributed by atoms with Gasteiger partial charge in [0.2, 0.25) is 5.91 Å². The monoisotopic (exact) mass is 226 g/mol. The van der Waals surface area contributed by atoms with Crippen LogP contribution in [-0.4, -0.2) is 48.2 Å². The molecule has 2 aliphatic heterocycles. The summed E-state index contributed by atoms with van der Waals surface area (Å²) in [7, 11) is 0. The molecule has 2 heterocycles. The summed E-state index contributed by atoms with van der Waals surface area (Å²) in [6, 6.07) is 0. The maximum Gasteiger partial charge on any atom is 0.230 e. The van der Waals surface area contributed by atoms with Gasteiger partial charge in [-0.2, -0.15) is 0 Å². The molecule has 0 spiro atoms. The van der Waals surface area contributed by atoms with E-state index < -0.39 is 0 Å². The van der Waals surface area contributed by atoms with Crippen LogP contribution in [0.5, 0.6) is 0 Å². The number of hydrogen-bond acceptors (Lipinski definition) is 3. The Morgan fingerprint density at radius 1 is 1.62 bits per heavy atom. The first-order valence-corrected chi connectivity index (χ1v) is 6.36. The lowest BCUT2D eigenvalue weighted by atomic mass is 9.81. The number of β-amino-alcohol motifs (C(OH)–C–C–N with tert-alkyl or cyclic N) is 1. The molecule has 92 valence electrons. The van der Waals surface area contributed by atoms with Gasteiger partial charge in [0.15, 0.2) is 0 Å². The van der Waals surface area contributed by atoms with Crippen LogP contribution in [0, 0.1) is 5.41 Å². The largest absolute Gasteiger partial charge is 0.391 e. The molecule has 0 aromatic heterocycles. The third kappa shape index (κ3) is 2.09. The van der Waals surface area contributed by atoms with Gasteiger partial charge in [-0.15, -0.1) is 0 Å². The highest BCUT2D eigenvalue weighted by Gasteiger charge is 2.43. The highest BCUT2D eigenvalue weighted by molar-refractivity contribution is 5.83. The fourth-order valence-corrected chi connectivity index (χ4v) is 2.99. The fourth-order valence-electron chi connectivity index (χ4n) is 2.99. The van der Waals surface area contributed by atoms with Crippen LogP contribution < -0.4 is 5.32 Å². The van der Waals surface area contributed by atoms with E-state index in [1.54, 1.807) is 0 Å². The van der Waals surface area contributed by atoms with Crippen LogP contribution in [0.2, 0.25) is 0 Å². The van der Waals surface area contributed by atoms with Gasteiger partial charge in [-0.25, -0.2) is 0 Å². The van der Waals surface area contributed by atoms with Crippen molar-refractivity contribution < 1.29 is 9.90 Å². The van der Waals surface area contributed by atoms with Gasteiger partial charge >= 0.3 is 0 Å². The van der Waals surface area contributed by atoms with E-state index in [9.17, 15) is 9.90 Å². The van der Waals surface area contributed by atoms with E-state index in [1.807, 2.05) is 4.90 Å². The van der Waals surface area contributed by atoms with Crippen molar-refractivity contribution in [1.29, 1.82) is 0 Å². The maximum atomic E-state index is 12.5. The molecule has 16 heavy (non-hydrogen) atoms. The number of carbonyl (C=O) groups excluding carboxylic acids is 1. The van der Waals surface area contributed by atoms with Crippen molar-refractivity contribution in [3.8, 4) is 0 Å². The van der Waals surface area contributed by atoms with Crippen molar-refractivity contribution in [3.05, 3.63) is 0 Å². The van der Waals surface area contributed by atoms with E-state index in [4.69, 9.17) is 0 Å². The summed E-state index contributed by atoms with van der Waals surface area (Å²) in [6.07, 6.45) is 3.39. The van der Waals surface area contributed by atoms with Crippen molar-refractivity contribution in [2.75, 3.05) is 26.2 Å². The number of aliphatic hydroxyl groups excluding tert-OH is 1. The molecule has 0 aliphatic carbocycles. The molecular weight excluding hydrogens is 204 g/mol. The highest BCUT2D eigenvalue weighted by atomic mass is 16.3. The second-order valence-corrected chi connectivity index (χ2v) is 5.15. The molecule has 2 rings (SSSR count). The SMILES string of the molecule is CCCC1(C(=O)N2CC[C@@H](O)C2)CCNC1. The number of carbonyl (C=O) groups is 1. The van der Waals surface area contributed by atoms with Crippen LogP contribution in [0.3, 0.4) is 0 Å². The normalized spacial score (nSPS) is 34.6. The van der Waals surface area contributed by atoms with Crippen molar-refractivity contribution in [3.63, 3.8) is 0 Å². The van der Waals surface area contributed by atoms with E-state index in [0.29, 0.717) is 6.54 Å². The van der Waals surface area contributed by atoms with E-state index in [0.717, 1.165) is 45.3 Å². The molecule has 0 bridgehead atoms. The molecule has 2 fully saturated rings. The van der Waals surface area contributed by atoms with Crippen LogP contribution >= 0.6 is 0 Å². The van der Waals surface area contributed by atoms with Gasteiger partial charge in [-0.1, -0.05) is 13.3 Å². The number of amides is 1. The first-order chi connectivity index (χ1) is 7.68. The van der Waals surface area contributed by atoms with Gasteiger partial charge in [0.25, 0.3) is 0 Å². The molecule has 2 saturated heterocycles. The average molecular weight is 226 g/mol. The summed E-state index contributed by atoms with van der Waals surface area (Å²) < 4.78 is 0. The molecule has 0 aromatic carbocycles. The number of rotatable bonds is 3. The molecule has 1 amide bonds. The summed E-state index contributed by atoms with van der Waals surface area (Å²) in [6.45, 7) is 5.15. The minimum atomic E-state index is -0.308. The Morgan fingerprint density at radius 3 is 2.94 bits per heavy atom. The van der Waals surface area contributed by atoms with Crippen molar-refractivity contribution in [2.45, 2.75) is 38.7 Å². The smallest absolute Gasteiger partial charge is 0.230 e. The Kier molecular flexibility index (Phi) is 3.50. The van der Waals surface area contributed by atoms with Gasteiger partial charge < -0.3 is 15.3 Å². The number of nitrogens with one attached hydrogen (secondary N) is 1. The zero-order valence-electron chi connectivity index (χ0n) is 10.0. The minimum absolute atomic E-state index is 0.182. The predicted octanol–water partition coefficient (Wildman–Crippen LogP) is 0.359. The summed E-state index contributed by atoms with van der Waals surface area (Å²) in [4.78, 5) is 14.3. The first-order valence-electron chi connectivity index (χ1n) is 6.36. The number of likely N-dealkylation sites (tertiary alicyclic amines) is 1. The lowest BCUT2D eigenvalue weighted by Crippen LogP contribution is -2.44. The third-order valence-corrected chi connectivity index (χ3v) is 3.88. The molecule has 0 saturated carbocycles. The minimum Gasteiger partial charge on any atom is -0.391 e. The molecule has 2 aliphatic rings. The van der Waals surface area contributed by atoms with E-state index in [-0.39, 0.29) is 17.4 Å². The Balaban J connectivity index is 2.05. The average Bonchev–Trinajstić information content (AvgIpc) is 2.87. The summed E-state index contributed by atoms with van der Waals surface area (Å²) in [5.41, 5.74) is -0.182. The molecule has 1 unspecified atom stereocenters. The van der Waals surface area contributed by atoms with Crippen LogP contribution in [-0.2, 0) is 4.79 Å². The third-order valence-electron chi connectivity index (χ3n) is 3.88. The lowest BCUT2D eigenvalue weighted by molar-refractivity contribution is -0.140. The summed E-state index contributed by atoms with van der Waals surface area (Å²) in [5.74, 6) is 0.260. The quantitative estimate of drug-likeness (QED) is 0.730. The van der Waals surface area contributed by atoms with E-state index >= 15 is 0 Å². The van der Waals surface area contributed by atoms with Gasteiger partial charge in [0.1, 0.15) is 0 Å². The second-order valence-electron chi connectivity index (χ2n) is 5.15. The highest BCUT2D eigenvalue weighted by Crippen LogP contribution is 2.34. The number of hydrogen-bond donors (Lipinski definition) is 2. The zero-order chi connectivity index (χ0) is 11.6. The summed E-state index contributed by atoms with van der Waals surface area (Å²) in [5, 5.41) is 12.8. The van der Waals surface area contributed by atoms with Gasteiger partial charge in [0, 0.05) is 19.6 Å². The van der Waals surface area contributed by atoms with Crippen molar-refractivity contribution >= 4 is 5.91 Å². The molecule has 4 nitrogen and oxygen atoms in total. The summed E-state index contributed by atoms with van der Waals surface area (Å²) >= 11 is 0. The second kappa shape index (κ2) is 4.72. The van der Waals surface area contributed by atoms with Crippen LogP contribution in [0.15, 0.2) is 0 Å². The van der Waals surface area contributed by atoms with Crippen molar-refractivity contribution in [2.24, 2.45) is 5.41 Å². The Morgan fingerprint density at radius 2 is 2.44 bits per heavy atom. The van der Waals surface area contributed by atoms with E-state index in [2.05, 4.69) is 12.2 Å². The van der Waals surface area contributed by atoms with Gasteiger partial charge in [-0.05, 0) is 25.8 Å². The van der Waals surface area contributed by atoms with E-state index in [1.165, 1.54) is 0 Å². The lowest BCUT2D eigenvalue weighted by Gasteiger charge is -2.31. The van der Waals surface area contributed by atoms with Crippen molar-refractivity contribution in [1.82, 2.24) is 10.2 Å². The van der Waals surface area contributed by atoms with Gasteiger partial charge in [0.05, 0.1) is 11.5 Å². The fraction of sp³-hybridized carbons (Fsp3) is 0.917. The topological polar surface area (TPSA) is 52.6 Å². The maximum absolute atomic E-state index is 12.5. The molecule has 4 heteroatoms. The number of nitrogens with zero attached hydrogens (tertiary/aromatic N) is 1. The van der Waals surface area contributed by atoms with Crippen LogP contribution in [0.4, 0.5) is 0 Å². The predicted molar refractivity (Wildman–Crippen MR) is 62.0 cm³/mol. The standard InChI is InChI=1S/C12H22N2O2/c1-2-4-12(5-6-13-9-12)11(16)14-7-3-10(15)8-14/h10,13,15H,2-9H2,1H3/t10-,12?/m1/s1. The van der Waals surface area contributed by atoms with Crippen LogP contribution in [0.25, 0.3) is 0 Å².